The molecular formula is C12H18N2OS. The average Bonchev–Trinajstić information content (AvgIpc) is 2.25. The van der Waals surface area contributed by atoms with Gasteiger partial charge in [-0.15, -0.1) is 0 Å². The Morgan fingerprint density at radius 1 is 1.25 bits per heavy atom. The normalized spacial score (nSPS) is 9.94. The van der Waals surface area contributed by atoms with Gasteiger partial charge in [-0.25, -0.2) is 0 Å². The van der Waals surface area contributed by atoms with Crippen molar-refractivity contribution in [3.05, 3.63) is 34.9 Å². The van der Waals surface area contributed by atoms with E-state index < -0.39 is 0 Å². The molecule has 0 unspecified atom stereocenters. The molecule has 0 aliphatic rings. The smallest absolute Gasteiger partial charge is 0.166 e. The van der Waals surface area contributed by atoms with Crippen molar-refractivity contribution in [2.24, 2.45) is 0 Å². The van der Waals surface area contributed by atoms with E-state index >= 15 is 0 Å². The van der Waals surface area contributed by atoms with Gasteiger partial charge in [-0.1, -0.05) is 18.2 Å². The fourth-order valence-corrected chi connectivity index (χ4v) is 1.70. The maximum atomic E-state index is 8.64. The van der Waals surface area contributed by atoms with Gasteiger partial charge in [0, 0.05) is 13.1 Å². The van der Waals surface area contributed by atoms with Crippen LogP contribution in [0.1, 0.15) is 16.7 Å². The van der Waals surface area contributed by atoms with Crippen LogP contribution in [0, 0.1) is 13.8 Å². The van der Waals surface area contributed by atoms with Gasteiger partial charge in [0.2, 0.25) is 0 Å². The number of aliphatic hydroxyl groups excluding tert-OH is 1. The Kier molecular flexibility index (Phi) is 5.22. The van der Waals surface area contributed by atoms with Gasteiger partial charge in [0.25, 0.3) is 0 Å². The molecule has 0 aliphatic heterocycles. The van der Waals surface area contributed by atoms with Gasteiger partial charge in [-0.2, -0.15) is 0 Å². The summed E-state index contributed by atoms with van der Waals surface area (Å²) in [6, 6.07) is 6.24. The highest BCUT2D eigenvalue weighted by Crippen LogP contribution is 2.12. The number of thiocarbonyl (C=S) groups is 1. The lowest BCUT2D eigenvalue weighted by Crippen LogP contribution is -2.36. The number of hydrogen-bond donors (Lipinski definition) is 3. The lowest BCUT2D eigenvalue weighted by molar-refractivity contribution is 0.300. The number of aryl methyl sites for hydroxylation is 2. The second-order valence-electron chi connectivity index (χ2n) is 3.70. The van der Waals surface area contributed by atoms with Crippen LogP contribution in [-0.4, -0.2) is 23.4 Å². The largest absolute Gasteiger partial charge is 0.395 e. The Morgan fingerprint density at radius 2 is 1.88 bits per heavy atom. The molecule has 88 valence electrons. The van der Waals surface area contributed by atoms with E-state index in [0.717, 1.165) is 6.54 Å². The van der Waals surface area contributed by atoms with Crippen molar-refractivity contribution in [1.82, 2.24) is 10.6 Å². The predicted octanol–water partition coefficient (Wildman–Crippen LogP) is 1.26. The first-order chi connectivity index (χ1) is 7.65. The van der Waals surface area contributed by atoms with Crippen molar-refractivity contribution >= 4 is 17.3 Å². The second kappa shape index (κ2) is 6.45. The quantitative estimate of drug-likeness (QED) is 0.691. The fraction of sp³-hybridized carbons (Fsp3) is 0.417. The van der Waals surface area contributed by atoms with Crippen molar-refractivity contribution in [3.63, 3.8) is 0 Å². The van der Waals surface area contributed by atoms with E-state index in [-0.39, 0.29) is 6.61 Å². The number of benzene rings is 1. The molecule has 0 aliphatic carbocycles. The lowest BCUT2D eigenvalue weighted by Gasteiger charge is -2.13. The summed E-state index contributed by atoms with van der Waals surface area (Å²) < 4.78 is 0. The third kappa shape index (κ3) is 3.79. The highest BCUT2D eigenvalue weighted by atomic mass is 32.1. The van der Waals surface area contributed by atoms with Gasteiger partial charge in [-0.05, 0) is 42.8 Å². The molecule has 0 radical (unpaired) electrons. The van der Waals surface area contributed by atoms with E-state index in [0.29, 0.717) is 11.7 Å². The van der Waals surface area contributed by atoms with Crippen LogP contribution in [0.5, 0.6) is 0 Å². The van der Waals surface area contributed by atoms with Gasteiger partial charge in [0.1, 0.15) is 0 Å². The van der Waals surface area contributed by atoms with Crippen molar-refractivity contribution in [2.45, 2.75) is 20.4 Å². The van der Waals surface area contributed by atoms with Crippen LogP contribution in [0.4, 0.5) is 0 Å². The van der Waals surface area contributed by atoms with E-state index in [1.165, 1.54) is 16.7 Å². The number of hydrogen-bond acceptors (Lipinski definition) is 2. The molecule has 16 heavy (non-hydrogen) atoms. The Labute approximate surface area is 102 Å². The third-order valence-electron chi connectivity index (χ3n) is 2.47. The Bertz CT molecular complexity index is 346. The Hall–Kier alpha value is -1.13. The van der Waals surface area contributed by atoms with Gasteiger partial charge < -0.3 is 15.7 Å². The first kappa shape index (κ1) is 12.9. The molecule has 0 amide bonds. The zero-order valence-electron chi connectivity index (χ0n) is 9.71. The summed E-state index contributed by atoms with van der Waals surface area (Å²) in [5.41, 5.74) is 3.80. The third-order valence-corrected chi connectivity index (χ3v) is 2.76. The summed E-state index contributed by atoms with van der Waals surface area (Å²) in [5.74, 6) is 0. The molecule has 1 aromatic rings. The predicted molar refractivity (Wildman–Crippen MR) is 70.4 cm³/mol. The lowest BCUT2D eigenvalue weighted by atomic mass is 10.0. The Balaban J connectivity index is 2.51. The SMILES string of the molecule is Cc1cccc(C)c1CNC(=S)NCCO. The first-order valence-corrected chi connectivity index (χ1v) is 5.73. The van der Waals surface area contributed by atoms with E-state index in [2.05, 4.69) is 42.7 Å². The maximum absolute atomic E-state index is 8.64. The summed E-state index contributed by atoms with van der Waals surface area (Å²) in [6.07, 6.45) is 0. The van der Waals surface area contributed by atoms with E-state index in [4.69, 9.17) is 17.3 Å². The van der Waals surface area contributed by atoms with E-state index in [1.807, 2.05) is 0 Å². The number of aliphatic hydroxyl groups is 1. The van der Waals surface area contributed by atoms with Crippen LogP contribution in [-0.2, 0) is 6.54 Å². The molecule has 0 atom stereocenters. The zero-order chi connectivity index (χ0) is 12.0. The van der Waals surface area contributed by atoms with E-state index in [9.17, 15) is 0 Å². The molecule has 3 N–H and O–H groups in total. The van der Waals surface area contributed by atoms with Crippen LogP contribution in [0.3, 0.4) is 0 Å². The average molecular weight is 238 g/mol. The first-order valence-electron chi connectivity index (χ1n) is 5.33. The van der Waals surface area contributed by atoms with Crippen LogP contribution in [0.15, 0.2) is 18.2 Å². The van der Waals surface area contributed by atoms with Crippen molar-refractivity contribution < 1.29 is 5.11 Å². The van der Waals surface area contributed by atoms with E-state index in [1.54, 1.807) is 0 Å². The van der Waals surface area contributed by atoms with Crippen LogP contribution >= 0.6 is 12.2 Å². The summed E-state index contributed by atoms with van der Waals surface area (Å²) >= 11 is 5.07. The van der Waals surface area contributed by atoms with Gasteiger partial charge in [0.05, 0.1) is 6.61 Å². The van der Waals surface area contributed by atoms with Gasteiger partial charge >= 0.3 is 0 Å². The summed E-state index contributed by atoms with van der Waals surface area (Å²) in [7, 11) is 0. The summed E-state index contributed by atoms with van der Waals surface area (Å²) in [6.45, 7) is 5.47. The highest BCUT2D eigenvalue weighted by molar-refractivity contribution is 7.80. The maximum Gasteiger partial charge on any atom is 0.166 e. The zero-order valence-corrected chi connectivity index (χ0v) is 10.5. The molecule has 1 aromatic carbocycles. The van der Waals surface area contributed by atoms with Crippen molar-refractivity contribution in [2.75, 3.05) is 13.2 Å². The standard InChI is InChI=1S/C12H18N2OS/c1-9-4-3-5-10(2)11(9)8-14-12(16)13-6-7-15/h3-5,15H,6-8H2,1-2H3,(H2,13,14,16). The van der Waals surface area contributed by atoms with Crippen LogP contribution < -0.4 is 10.6 Å². The molecule has 0 fully saturated rings. The van der Waals surface area contributed by atoms with Gasteiger partial charge in [-0.3, -0.25) is 0 Å². The molecule has 0 saturated carbocycles. The van der Waals surface area contributed by atoms with Gasteiger partial charge in [0.15, 0.2) is 5.11 Å². The monoisotopic (exact) mass is 238 g/mol. The van der Waals surface area contributed by atoms with Crippen molar-refractivity contribution in [1.29, 1.82) is 0 Å². The second-order valence-corrected chi connectivity index (χ2v) is 4.11. The molecule has 3 nitrogen and oxygen atoms in total. The molecule has 4 heteroatoms. The molecule has 0 spiro atoms. The number of rotatable bonds is 4. The summed E-state index contributed by atoms with van der Waals surface area (Å²) in [4.78, 5) is 0. The fourth-order valence-electron chi connectivity index (χ4n) is 1.53. The minimum absolute atomic E-state index is 0.0885. The molecule has 0 heterocycles. The molecular weight excluding hydrogens is 220 g/mol. The highest BCUT2D eigenvalue weighted by Gasteiger charge is 2.02. The molecule has 0 aromatic heterocycles. The Morgan fingerprint density at radius 3 is 2.44 bits per heavy atom. The van der Waals surface area contributed by atoms with Crippen LogP contribution in [0.25, 0.3) is 0 Å². The minimum Gasteiger partial charge on any atom is -0.395 e. The molecule has 0 saturated heterocycles. The minimum atomic E-state index is 0.0885. The molecule has 1 rings (SSSR count). The topological polar surface area (TPSA) is 44.3 Å². The molecule has 0 bridgehead atoms. The number of nitrogens with one attached hydrogen (secondary N) is 2. The summed E-state index contributed by atoms with van der Waals surface area (Å²) in [5, 5.41) is 15.3. The van der Waals surface area contributed by atoms with Crippen molar-refractivity contribution in [3.8, 4) is 0 Å². The van der Waals surface area contributed by atoms with Crippen LogP contribution in [0.2, 0.25) is 0 Å².